The third kappa shape index (κ3) is 5.63. The minimum Gasteiger partial charge on any atom is -0.748 e. The summed E-state index contributed by atoms with van der Waals surface area (Å²) in [4.78, 5) is 4.17. The van der Waals surface area contributed by atoms with Crippen molar-refractivity contribution in [2.24, 2.45) is 0 Å². The average molecular weight is 349 g/mol. The van der Waals surface area contributed by atoms with Crippen LogP contribution in [0.2, 0.25) is 0 Å². The van der Waals surface area contributed by atoms with Gasteiger partial charge in [-0.1, -0.05) is 17.7 Å². The van der Waals surface area contributed by atoms with Gasteiger partial charge in [0.25, 0.3) is 0 Å². The second-order valence-corrected chi connectivity index (χ2v) is 7.11. The van der Waals surface area contributed by atoms with Crippen LogP contribution in [0.15, 0.2) is 24.5 Å². The van der Waals surface area contributed by atoms with E-state index < -0.39 is 10.1 Å². The fraction of sp³-hybridized carbons (Fsp3) is 0.467. The zero-order valence-corrected chi connectivity index (χ0v) is 17.6. The van der Waals surface area contributed by atoms with E-state index in [1.165, 1.54) is 22.4 Å². The molecule has 1 aromatic rings. The number of hydrogen-bond donors (Lipinski definition) is 0. The molecule has 0 amide bonds. The van der Waals surface area contributed by atoms with E-state index in [-0.39, 0.29) is 57.1 Å². The first-order valence-corrected chi connectivity index (χ1v) is 8.54. The third-order valence-electron chi connectivity index (χ3n) is 3.55. The Morgan fingerprint density at radius 2 is 1.73 bits per heavy atom. The van der Waals surface area contributed by atoms with Gasteiger partial charge >= 0.3 is 51.4 Å². The summed E-state index contributed by atoms with van der Waals surface area (Å²) < 4.78 is 31.8. The van der Waals surface area contributed by atoms with Gasteiger partial charge in [-0.25, -0.2) is 8.42 Å². The normalized spacial score (nSPS) is 14.4. The molecule has 1 aromatic carbocycles. The molecule has 0 radical (unpaired) electrons. The van der Waals surface area contributed by atoms with Crippen molar-refractivity contribution < 1.29 is 64.4 Å². The van der Waals surface area contributed by atoms with Crippen LogP contribution in [-0.2, 0) is 10.1 Å². The van der Waals surface area contributed by atoms with Crippen molar-refractivity contribution in [2.75, 3.05) is 23.9 Å². The minimum atomic E-state index is -4.11. The van der Waals surface area contributed by atoms with Crippen LogP contribution in [-0.4, -0.2) is 36.8 Å². The van der Waals surface area contributed by atoms with Crippen LogP contribution in [0, 0.1) is 20.8 Å². The van der Waals surface area contributed by atoms with Gasteiger partial charge in [0.05, 0.1) is 16.8 Å². The zero-order chi connectivity index (χ0) is 15.6. The standard InChI is InChI=1S/C15H22N2O3S.K/c1-12-9-13(2)15(14(3)10-12)17-7-6-16(11-17)5-4-8-21(18,19)20;/h6-7,9-10H,4-5,8,11H2,1-3H3,(H,18,19,20);/q;+1/p-1. The summed E-state index contributed by atoms with van der Waals surface area (Å²) in [6.07, 6.45) is 4.29. The van der Waals surface area contributed by atoms with Crippen molar-refractivity contribution >= 4 is 15.8 Å². The van der Waals surface area contributed by atoms with Crippen molar-refractivity contribution in [3.05, 3.63) is 41.2 Å². The number of benzene rings is 1. The smallest absolute Gasteiger partial charge is 0.748 e. The van der Waals surface area contributed by atoms with Gasteiger partial charge in [-0.15, -0.1) is 0 Å². The molecule has 0 aliphatic carbocycles. The average Bonchev–Trinajstić information content (AvgIpc) is 2.74. The number of anilines is 1. The summed E-state index contributed by atoms with van der Waals surface area (Å²) in [5, 5.41) is 0. The monoisotopic (exact) mass is 348 g/mol. The maximum absolute atomic E-state index is 10.6. The van der Waals surface area contributed by atoms with Gasteiger partial charge in [0, 0.05) is 30.4 Å². The Hall–Kier alpha value is 0.106. The maximum atomic E-state index is 10.6. The molecule has 0 bridgehead atoms. The largest absolute Gasteiger partial charge is 1.00 e. The van der Waals surface area contributed by atoms with Crippen LogP contribution in [0.5, 0.6) is 0 Å². The molecule has 7 heteroatoms. The zero-order valence-electron chi connectivity index (χ0n) is 13.7. The molecule has 0 saturated carbocycles. The van der Waals surface area contributed by atoms with Gasteiger partial charge in [0.2, 0.25) is 0 Å². The van der Waals surface area contributed by atoms with Gasteiger partial charge in [0.1, 0.15) is 0 Å². The Morgan fingerprint density at radius 1 is 1.14 bits per heavy atom. The molecule has 0 unspecified atom stereocenters. The summed E-state index contributed by atoms with van der Waals surface area (Å²) in [5.41, 5.74) is 4.88. The van der Waals surface area contributed by atoms with Gasteiger partial charge in [-0.05, 0) is 38.3 Å². The number of nitrogens with zero attached hydrogens (tertiary/aromatic N) is 2. The van der Waals surface area contributed by atoms with Crippen molar-refractivity contribution in [3.63, 3.8) is 0 Å². The van der Waals surface area contributed by atoms with E-state index in [0.29, 0.717) is 19.6 Å². The first kappa shape index (κ1) is 20.2. The topological polar surface area (TPSA) is 63.7 Å². The molecule has 2 rings (SSSR count). The summed E-state index contributed by atoms with van der Waals surface area (Å²) in [6, 6.07) is 4.31. The summed E-state index contributed by atoms with van der Waals surface area (Å²) >= 11 is 0. The Labute approximate surface area is 175 Å². The molecular formula is C15H21KN2O3S. The molecule has 0 atom stereocenters. The Balaban J connectivity index is 0.00000242. The predicted octanol–water partition coefficient (Wildman–Crippen LogP) is -0.898. The molecular weight excluding hydrogens is 327 g/mol. The van der Waals surface area contributed by atoms with Crippen molar-refractivity contribution in [3.8, 4) is 0 Å². The Bertz CT molecular complexity index is 636. The summed E-state index contributed by atoms with van der Waals surface area (Å²) in [6.45, 7) is 7.52. The second kappa shape index (κ2) is 8.28. The molecule has 0 fully saturated rings. The first-order chi connectivity index (χ1) is 9.76. The fourth-order valence-corrected chi connectivity index (χ4v) is 3.31. The molecule has 1 aliphatic rings. The molecule has 1 heterocycles. The van der Waals surface area contributed by atoms with Crippen molar-refractivity contribution in [1.82, 2.24) is 4.90 Å². The van der Waals surface area contributed by atoms with Crippen molar-refractivity contribution in [2.45, 2.75) is 27.2 Å². The first-order valence-electron chi connectivity index (χ1n) is 6.97. The van der Waals surface area contributed by atoms with E-state index in [0.717, 1.165) is 0 Å². The molecule has 0 aromatic heterocycles. The van der Waals surface area contributed by atoms with Crippen LogP contribution in [0.3, 0.4) is 0 Å². The number of hydrogen-bond acceptors (Lipinski definition) is 5. The SMILES string of the molecule is Cc1cc(C)c(N2C=CN(CCCS(=O)(=O)[O-])C2)c(C)c1.[K+]. The molecule has 0 N–H and O–H groups in total. The Morgan fingerprint density at radius 3 is 2.27 bits per heavy atom. The molecule has 5 nitrogen and oxygen atoms in total. The molecule has 116 valence electrons. The maximum Gasteiger partial charge on any atom is 1.00 e. The van der Waals surface area contributed by atoms with Gasteiger partial charge in [-0.2, -0.15) is 0 Å². The van der Waals surface area contributed by atoms with Crippen LogP contribution in [0.1, 0.15) is 23.1 Å². The van der Waals surface area contributed by atoms with Crippen LogP contribution in [0.25, 0.3) is 0 Å². The summed E-state index contributed by atoms with van der Waals surface area (Å²) in [7, 11) is -4.11. The number of aryl methyl sites for hydroxylation is 3. The van der Waals surface area contributed by atoms with E-state index >= 15 is 0 Å². The van der Waals surface area contributed by atoms with Gasteiger partial charge < -0.3 is 14.4 Å². The second-order valence-electron chi connectivity index (χ2n) is 5.58. The fourth-order valence-electron chi connectivity index (χ4n) is 2.83. The van der Waals surface area contributed by atoms with Crippen LogP contribution < -0.4 is 56.3 Å². The predicted molar refractivity (Wildman–Crippen MR) is 83.0 cm³/mol. The van der Waals surface area contributed by atoms with Crippen molar-refractivity contribution in [1.29, 1.82) is 0 Å². The van der Waals surface area contributed by atoms with Gasteiger partial charge in [0.15, 0.2) is 0 Å². The molecule has 22 heavy (non-hydrogen) atoms. The summed E-state index contributed by atoms with van der Waals surface area (Å²) in [5.74, 6) is -0.306. The van der Waals surface area contributed by atoms with E-state index in [2.05, 4.69) is 37.8 Å². The Kier molecular flexibility index (Phi) is 7.58. The molecule has 1 aliphatic heterocycles. The van der Waals surface area contributed by atoms with E-state index in [9.17, 15) is 13.0 Å². The van der Waals surface area contributed by atoms with E-state index in [1.807, 2.05) is 17.3 Å². The van der Waals surface area contributed by atoms with Crippen LogP contribution >= 0.6 is 0 Å². The van der Waals surface area contributed by atoms with E-state index in [1.54, 1.807) is 0 Å². The molecule has 0 saturated heterocycles. The van der Waals surface area contributed by atoms with E-state index in [4.69, 9.17) is 0 Å². The minimum absolute atomic E-state index is 0. The van der Waals surface area contributed by atoms with Gasteiger partial charge in [-0.3, -0.25) is 0 Å². The van der Waals surface area contributed by atoms with Crippen LogP contribution in [0.4, 0.5) is 5.69 Å². The third-order valence-corrected chi connectivity index (χ3v) is 4.34. The number of rotatable bonds is 5. The molecule has 0 spiro atoms. The quantitative estimate of drug-likeness (QED) is 0.510.